The largest absolute Gasteiger partial charge is 0.480 e. The molecule has 4 atom stereocenters. The summed E-state index contributed by atoms with van der Waals surface area (Å²) in [5.41, 5.74) is 4.38. The number of amides is 4. The number of epoxide rings is 1. The summed E-state index contributed by atoms with van der Waals surface area (Å²) in [6.45, 7) is 4.16. The molecule has 220 valence electrons. The SMILES string of the molecule is CC(C)[C@H](NC(=O)CCc1ccccc1)C(=O)N[C@@H](C)C(=O)NN(CC(=O)O)C(=O)[C@@H]1O[C@H]1CCc1ccccc1. The van der Waals surface area contributed by atoms with Crippen LogP contribution < -0.4 is 16.1 Å². The van der Waals surface area contributed by atoms with E-state index in [4.69, 9.17) is 4.74 Å². The average Bonchev–Trinajstić information content (AvgIpc) is 3.73. The van der Waals surface area contributed by atoms with Crippen molar-refractivity contribution < 1.29 is 33.8 Å². The molecule has 41 heavy (non-hydrogen) atoms. The number of hydrogen-bond donors (Lipinski definition) is 4. The second-order valence-corrected chi connectivity index (χ2v) is 10.4. The van der Waals surface area contributed by atoms with E-state index in [0.717, 1.165) is 11.1 Å². The van der Waals surface area contributed by atoms with Crippen molar-refractivity contribution in [2.75, 3.05) is 6.54 Å². The number of carbonyl (C=O) groups is 5. The molecule has 0 aromatic heterocycles. The zero-order valence-electron chi connectivity index (χ0n) is 23.5. The number of benzene rings is 2. The minimum atomic E-state index is -1.32. The number of carbonyl (C=O) groups excluding carboxylic acids is 4. The Morgan fingerprint density at radius 1 is 0.854 bits per heavy atom. The predicted octanol–water partition coefficient (Wildman–Crippen LogP) is 1.61. The van der Waals surface area contributed by atoms with E-state index in [9.17, 15) is 29.1 Å². The van der Waals surface area contributed by atoms with Crippen LogP contribution in [0.5, 0.6) is 0 Å². The van der Waals surface area contributed by atoms with Crippen LogP contribution in [0.25, 0.3) is 0 Å². The van der Waals surface area contributed by atoms with E-state index in [1.165, 1.54) is 6.92 Å². The van der Waals surface area contributed by atoms with Gasteiger partial charge in [0.25, 0.3) is 11.8 Å². The first-order valence-corrected chi connectivity index (χ1v) is 13.7. The van der Waals surface area contributed by atoms with Gasteiger partial charge in [-0.25, -0.2) is 5.01 Å². The van der Waals surface area contributed by atoms with Crippen LogP contribution in [-0.2, 0) is 41.6 Å². The van der Waals surface area contributed by atoms with Crippen LogP contribution in [0, 0.1) is 5.92 Å². The first-order valence-electron chi connectivity index (χ1n) is 13.7. The summed E-state index contributed by atoms with van der Waals surface area (Å²) < 4.78 is 5.47. The number of nitrogens with one attached hydrogen (secondary N) is 3. The third-order valence-corrected chi connectivity index (χ3v) is 6.69. The number of aliphatic carboxylic acids is 1. The molecule has 0 bridgehead atoms. The molecule has 0 spiro atoms. The predicted molar refractivity (Wildman–Crippen MR) is 150 cm³/mol. The molecule has 3 rings (SSSR count). The minimum absolute atomic E-state index is 0.193. The van der Waals surface area contributed by atoms with Gasteiger partial charge < -0.3 is 20.5 Å². The van der Waals surface area contributed by atoms with E-state index >= 15 is 0 Å². The summed E-state index contributed by atoms with van der Waals surface area (Å²) in [7, 11) is 0. The molecule has 11 nitrogen and oxygen atoms in total. The van der Waals surface area contributed by atoms with E-state index in [1.807, 2.05) is 60.7 Å². The van der Waals surface area contributed by atoms with Crippen LogP contribution >= 0.6 is 0 Å². The highest BCUT2D eigenvalue weighted by atomic mass is 16.6. The third-order valence-electron chi connectivity index (χ3n) is 6.69. The molecule has 2 aromatic carbocycles. The Hall–Kier alpha value is -4.25. The fourth-order valence-corrected chi connectivity index (χ4v) is 4.28. The van der Waals surface area contributed by atoms with E-state index in [0.29, 0.717) is 24.3 Å². The van der Waals surface area contributed by atoms with Gasteiger partial charge in [-0.1, -0.05) is 74.5 Å². The van der Waals surface area contributed by atoms with Gasteiger partial charge in [0.05, 0.1) is 6.10 Å². The number of hydrazine groups is 1. The van der Waals surface area contributed by atoms with E-state index < -0.39 is 48.4 Å². The van der Waals surface area contributed by atoms with Crippen LogP contribution in [0.15, 0.2) is 60.7 Å². The van der Waals surface area contributed by atoms with Crippen molar-refractivity contribution in [1.29, 1.82) is 0 Å². The zero-order valence-corrected chi connectivity index (χ0v) is 23.5. The number of carboxylic acid groups (broad SMARTS) is 1. The lowest BCUT2D eigenvalue weighted by Gasteiger charge is -2.26. The Bertz CT molecular complexity index is 1210. The highest BCUT2D eigenvalue weighted by molar-refractivity contribution is 5.94. The second-order valence-electron chi connectivity index (χ2n) is 10.4. The molecular weight excluding hydrogens is 528 g/mol. The summed E-state index contributed by atoms with van der Waals surface area (Å²) in [5, 5.41) is 15.3. The summed E-state index contributed by atoms with van der Waals surface area (Å²) in [4.78, 5) is 62.6. The maximum atomic E-state index is 13.0. The Balaban J connectivity index is 1.51. The van der Waals surface area contributed by atoms with E-state index in [2.05, 4.69) is 16.1 Å². The van der Waals surface area contributed by atoms with Crippen LogP contribution in [0.2, 0.25) is 0 Å². The van der Waals surface area contributed by atoms with Gasteiger partial charge in [-0.2, -0.15) is 0 Å². The van der Waals surface area contributed by atoms with Crippen LogP contribution in [0.4, 0.5) is 0 Å². The van der Waals surface area contributed by atoms with Crippen LogP contribution in [0.3, 0.4) is 0 Å². The molecule has 0 unspecified atom stereocenters. The molecule has 1 aliphatic rings. The maximum Gasteiger partial charge on any atom is 0.325 e. The number of hydrogen-bond acceptors (Lipinski definition) is 6. The molecule has 0 saturated carbocycles. The van der Waals surface area contributed by atoms with Gasteiger partial charge in [-0.05, 0) is 43.2 Å². The summed E-state index contributed by atoms with van der Waals surface area (Å²) in [5.74, 6) is -3.93. The van der Waals surface area contributed by atoms with Crippen molar-refractivity contribution in [2.24, 2.45) is 5.92 Å². The van der Waals surface area contributed by atoms with Gasteiger partial charge >= 0.3 is 5.97 Å². The average molecular weight is 567 g/mol. The molecule has 11 heteroatoms. The van der Waals surface area contributed by atoms with E-state index in [1.54, 1.807) is 13.8 Å². The molecule has 0 radical (unpaired) electrons. The van der Waals surface area contributed by atoms with Crippen molar-refractivity contribution >= 4 is 29.6 Å². The molecule has 1 saturated heterocycles. The molecule has 0 aliphatic carbocycles. The van der Waals surface area contributed by atoms with Crippen molar-refractivity contribution in [1.82, 2.24) is 21.1 Å². The minimum Gasteiger partial charge on any atom is -0.480 e. The standard InChI is InChI=1S/C30H38N4O7/c1-19(2)26(32-24(35)17-15-22-12-8-5-9-13-22)29(39)31-20(3)28(38)33-34(18-25(36)37)30(40)27-23(41-27)16-14-21-10-6-4-7-11-21/h4-13,19-20,23,26-27H,14-18H2,1-3H3,(H,31,39)(H,32,35)(H,33,38)(H,36,37)/t20-,23-,26-,27+/m0/s1. The van der Waals surface area contributed by atoms with Crippen molar-refractivity contribution in [3.05, 3.63) is 71.8 Å². The summed E-state index contributed by atoms with van der Waals surface area (Å²) in [6, 6.07) is 17.1. The first kappa shape index (κ1) is 31.3. The van der Waals surface area contributed by atoms with Gasteiger partial charge in [-0.15, -0.1) is 0 Å². The first-order chi connectivity index (χ1) is 19.5. The number of nitrogens with zero attached hydrogens (tertiary/aromatic N) is 1. The Kier molecular flexibility index (Phi) is 11.4. The number of carboxylic acids is 1. The number of ether oxygens (including phenoxy) is 1. The van der Waals surface area contributed by atoms with Crippen molar-refractivity contribution in [3.8, 4) is 0 Å². The lowest BCUT2D eigenvalue weighted by atomic mass is 10.0. The number of aryl methyl sites for hydroxylation is 2. The molecule has 2 aromatic rings. The van der Waals surface area contributed by atoms with Gasteiger partial charge in [-0.3, -0.25) is 29.4 Å². The molecular formula is C30H38N4O7. The fourth-order valence-electron chi connectivity index (χ4n) is 4.28. The molecule has 1 fully saturated rings. The van der Waals surface area contributed by atoms with Gasteiger partial charge in [0.15, 0.2) is 6.10 Å². The summed E-state index contributed by atoms with van der Waals surface area (Å²) >= 11 is 0. The van der Waals surface area contributed by atoms with Crippen molar-refractivity contribution in [3.63, 3.8) is 0 Å². The van der Waals surface area contributed by atoms with Crippen LogP contribution in [0.1, 0.15) is 44.7 Å². The highest BCUT2D eigenvalue weighted by Crippen LogP contribution is 2.28. The quantitative estimate of drug-likeness (QED) is 0.200. The third kappa shape index (κ3) is 10.0. The lowest BCUT2D eigenvalue weighted by Crippen LogP contribution is -2.58. The molecule has 1 aliphatic heterocycles. The van der Waals surface area contributed by atoms with Crippen LogP contribution in [-0.4, -0.2) is 70.5 Å². The topological polar surface area (TPSA) is 157 Å². The highest BCUT2D eigenvalue weighted by Gasteiger charge is 2.47. The Morgan fingerprint density at radius 3 is 2.00 bits per heavy atom. The fraction of sp³-hybridized carbons (Fsp3) is 0.433. The van der Waals surface area contributed by atoms with E-state index in [-0.39, 0.29) is 24.3 Å². The number of rotatable bonds is 14. The normalized spacial score (nSPS) is 17.2. The lowest BCUT2D eigenvalue weighted by molar-refractivity contribution is -0.151. The zero-order chi connectivity index (χ0) is 29.9. The monoisotopic (exact) mass is 566 g/mol. The smallest absolute Gasteiger partial charge is 0.325 e. The van der Waals surface area contributed by atoms with Gasteiger partial charge in [0.1, 0.15) is 18.6 Å². The second kappa shape index (κ2) is 14.9. The maximum absolute atomic E-state index is 13.0. The van der Waals surface area contributed by atoms with Crippen molar-refractivity contribution in [2.45, 2.75) is 70.7 Å². The Labute approximate surface area is 239 Å². The van der Waals surface area contributed by atoms with Gasteiger partial charge in [0, 0.05) is 6.42 Å². The molecule has 4 N–H and O–H groups in total. The van der Waals surface area contributed by atoms with Gasteiger partial charge in [0.2, 0.25) is 11.8 Å². The molecule has 4 amide bonds. The Morgan fingerprint density at radius 2 is 1.44 bits per heavy atom. The summed E-state index contributed by atoms with van der Waals surface area (Å²) in [6.07, 6.45) is 0.713. The molecule has 1 heterocycles.